The Morgan fingerprint density at radius 1 is 1.29 bits per heavy atom. The molecule has 1 rings (SSSR count). The van der Waals surface area contributed by atoms with Gasteiger partial charge in [0, 0.05) is 18.2 Å². The zero-order chi connectivity index (χ0) is 12.5. The maximum absolute atomic E-state index is 13.2. The second-order valence-electron chi connectivity index (χ2n) is 4.33. The molecule has 1 aromatic carbocycles. The number of ether oxygens (including phenoxy) is 1. The topological polar surface area (TPSA) is 21.3 Å². The Labute approximate surface area is 103 Å². The van der Waals surface area contributed by atoms with Gasteiger partial charge in [-0.25, -0.2) is 4.39 Å². The predicted octanol–water partition coefficient (Wildman–Crippen LogP) is 3.12. The maximum atomic E-state index is 13.2. The monoisotopic (exact) mass is 239 g/mol. The van der Waals surface area contributed by atoms with Crippen molar-refractivity contribution in [2.24, 2.45) is 0 Å². The molecule has 1 atom stereocenters. The molecule has 1 aromatic rings. The standard InChI is InChI=1S/C14H22FNO/c1-12(16-2)7-5-6-10-17-11-13-8-3-4-9-14(13)15/h3-4,8-9,12,16H,5-7,10-11H2,1-2H3. The highest BCUT2D eigenvalue weighted by atomic mass is 19.1. The molecular weight excluding hydrogens is 217 g/mol. The lowest BCUT2D eigenvalue weighted by molar-refractivity contribution is 0.114. The van der Waals surface area contributed by atoms with Gasteiger partial charge in [-0.2, -0.15) is 0 Å². The van der Waals surface area contributed by atoms with Gasteiger partial charge in [0.1, 0.15) is 5.82 Å². The molecule has 1 unspecified atom stereocenters. The van der Waals surface area contributed by atoms with Gasteiger partial charge >= 0.3 is 0 Å². The summed E-state index contributed by atoms with van der Waals surface area (Å²) in [5, 5.41) is 3.20. The lowest BCUT2D eigenvalue weighted by Gasteiger charge is -2.09. The van der Waals surface area contributed by atoms with Gasteiger partial charge in [0.15, 0.2) is 0 Å². The normalized spacial score (nSPS) is 12.6. The summed E-state index contributed by atoms with van der Waals surface area (Å²) < 4.78 is 18.7. The van der Waals surface area contributed by atoms with Gasteiger partial charge in [-0.3, -0.25) is 0 Å². The Morgan fingerprint density at radius 3 is 2.76 bits per heavy atom. The first-order chi connectivity index (χ1) is 8.24. The van der Waals surface area contributed by atoms with Crippen molar-refractivity contribution >= 4 is 0 Å². The molecule has 0 saturated heterocycles. The third-order valence-corrected chi connectivity index (χ3v) is 2.88. The van der Waals surface area contributed by atoms with Crippen molar-refractivity contribution in [3.63, 3.8) is 0 Å². The molecule has 0 aliphatic carbocycles. The van der Waals surface area contributed by atoms with Crippen LogP contribution >= 0.6 is 0 Å². The van der Waals surface area contributed by atoms with Crippen LogP contribution in [0.4, 0.5) is 4.39 Å². The summed E-state index contributed by atoms with van der Waals surface area (Å²) in [5.41, 5.74) is 0.635. The average Bonchev–Trinajstić information content (AvgIpc) is 2.35. The summed E-state index contributed by atoms with van der Waals surface area (Å²) in [5.74, 6) is -0.184. The molecule has 17 heavy (non-hydrogen) atoms. The number of benzene rings is 1. The smallest absolute Gasteiger partial charge is 0.128 e. The third-order valence-electron chi connectivity index (χ3n) is 2.88. The van der Waals surface area contributed by atoms with E-state index in [-0.39, 0.29) is 5.82 Å². The Balaban J connectivity index is 2.07. The minimum atomic E-state index is -0.184. The van der Waals surface area contributed by atoms with E-state index in [2.05, 4.69) is 12.2 Å². The number of hydrogen-bond donors (Lipinski definition) is 1. The van der Waals surface area contributed by atoms with Crippen molar-refractivity contribution < 1.29 is 9.13 Å². The molecule has 0 spiro atoms. The summed E-state index contributed by atoms with van der Waals surface area (Å²) in [6.45, 7) is 3.24. The highest BCUT2D eigenvalue weighted by Crippen LogP contribution is 2.08. The van der Waals surface area contributed by atoms with Crippen LogP contribution in [-0.2, 0) is 11.3 Å². The van der Waals surface area contributed by atoms with Crippen molar-refractivity contribution in [2.75, 3.05) is 13.7 Å². The van der Waals surface area contributed by atoms with Crippen LogP contribution in [0.1, 0.15) is 31.7 Å². The van der Waals surface area contributed by atoms with E-state index < -0.39 is 0 Å². The average molecular weight is 239 g/mol. The van der Waals surface area contributed by atoms with Crippen LogP contribution < -0.4 is 5.32 Å². The fraction of sp³-hybridized carbons (Fsp3) is 0.571. The lowest BCUT2D eigenvalue weighted by atomic mass is 10.1. The molecule has 0 aromatic heterocycles. The predicted molar refractivity (Wildman–Crippen MR) is 68.4 cm³/mol. The van der Waals surface area contributed by atoms with E-state index in [4.69, 9.17) is 4.74 Å². The number of unbranched alkanes of at least 4 members (excludes halogenated alkanes) is 1. The van der Waals surface area contributed by atoms with Gasteiger partial charge in [0.05, 0.1) is 6.61 Å². The van der Waals surface area contributed by atoms with E-state index in [1.165, 1.54) is 6.07 Å². The van der Waals surface area contributed by atoms with Gasteiger partial charge in [-0.15, -0.1) is 0 Å². The van der Waals surface area contributed by atoms with Crippen LogP contribution in [0.3, 0.4) is 0 Å². The van der Waals surface area contributed by atoms with Gasteiger partial charge < -0.3 is 10.1 Å². The van der Waals surface area contributed by atoms with Crippen LogP contribution in [-0.4, -0.2) is 19.7 Å². The first-order valence-electron chi connectivity index (χ1n) is 6.22. The van der Waals surface area contributed by atoms with E-state index in [0.29, 0.717) is 24.8 Å². The molecule has 0 amide bonds. The largest absolute Gasteiger partial charge is 0.377 e. The van der Waals surface area contributed by atoms with Crippen molar-refractivity contribution in [2.45, 2.75) is 38.8 Å². The lowest BCUT2D eigenvalue weighted by Crippen LogP contribution is -2.20. The van der Waals surface area contributed by atoms with Crippen molar-refractivity contribution in [3.8, 4) is 0 Å². The Morgan fingerprint density at radius 2 is 2.06 bits per heavy atom. The molecule has 96 valence electrons. The molecule has 2 nitrogen and oxygen atoms in total. The molecule has 0 radical (unpaired) electrons. The van der Waals surface area contributed by atoms with Crippen LogP contribution in [0.15, 0.2) is 24.3 Å². The van der Waals surface area contributed by atoms with Crippen LogP contribution in [0, 0.1) is 5.82 Å². The molecule has 0 bridgehead atoms. The zero-order valence-electron chi connectivity index (χ0n) is 10.7. The zero-order valence-corrected chi connectivity index (χ0v) is 10.7. The van der Waals surface area contributed by atoms with Crippen LogP contribution in [0.2, 0.25) is 0 Å². The van der Waals surface area contributed by atoms with E-state index in [9.17, 15) is 4.39 Å². The van der Waals surface area contributed by atoms with Gasteiger partial charge in [-0.05, 0) is 39.3 Å². The Hall–Kier alpha value is -0.930. The minimum absolute atomic E-state index is 0.184. The molecule has 0 saturated carbocycles. The summed E-state index contributed by atoms with van der Waals surface area (Å²) >= 11 is 0. The van der Waals surface area contributed by atoms with Crippen molar-refractivity contribution in [1.82, 2.24) is 5.32 Å². The summed E-state index contributed by atoms with van der Waals surface area (Å²) in [7, 11) is 1.97. The minimum Gasteiger partial charge on any atom is -0.377 e. The van der Waals surface area contributed by atoms with Crippen LogP contribution in [0.25, 0.3) is 0 Å². The molecule has 0 fully saturated rings. The molecule has 3 heteroatoms. The highest BCUT2D eigenvalue weighted by Gasteiger charge is 2.01. The highest BCUT2D eigenvalue weighted by molar-refractivity contribution is 5.16. The van der Waals surface area contributed by atoms with Gasteiger partial charge in [0.25, 0.3) is 0 Å². The summed E-state index contributed by atoms with van der Waals surface area (Å²) in [4.78, 5) is 0. The van der Waals surface area contributed by atoms with E-state index >= 15 is 0 Å². The first-order valence-corrected chi connectivity index (χ1v) is 6.22. The number of hydrogen-bond acceptors (Lipinski definition) is 2. The summed E-state index contributed by atoms with van der Waals surface area (Å²) in [6, 6.07) is 7.31. The van der Waals surface area contributed by atoms with Crippen LogP contribution in [0.5, 0.6) is 0 Å². The van der Waals surface area contributed by atoms with Gasteiger partial charge in [0.2, 0.25) is 0 Å². The number of rotatable bonds is 8. The number of nitrogens with one attached hydrogen (secondary N) is 1. The SMILES string of the molecule is CNC(C)CCCCOCc1ccccc1F. The Kier molecular flexibility index (Phi) is 6.82. The molecule has 0 aliphatic heterocycles. The molecule has 0 aliphatic rings. The first kappa shape index (κ1) is 14.1. The quantitative estimate of drug-likeness (QED) is 0.704. The molecular formula is C14H22FNO. The van der Waals surface area contributed by atoms with Gasteiger partial charge in [-0.1, -0.05) is 18.2 Å². The summed E-state index contributed by atoms with van der Waals surface area (Å²) in [6.07, 6.45) is 3.32. The van der Waals surface area contributed by atoms with E-state index in [1.54, 1.807) is 12.1 Å². The number of halogens is 1. The molecule has 0 heterocycles. The van der Waals surface area contributed by atoms with E-state index in [0.717, 1.165) is 19.3 Å². The second-order valence-corrected chi connectivity index (χ2v) is 4.33. The fourth-order valence-electron chi connectivity index (χ4n) is 1.60. The fourth-order valence-corrected chi connectivity index (χ4v) is 1.60. The van der Waals surface area contributed by atoms with Crippen molar-refractivity contribution in [3.05, 3.63) is 35.6 Å². The maximum Gasteiger partial charge on any atom is 0.128 e. The second kappa shape index (κ2) is 8.20. The third kappa shape index (κ3) is 5.80. The van der Waals surface area contributed by atoms with Crippen molar-refractivity contribution in [1.29, 1.82) is 0 Å². The Bertz CT molecular complexity index is 317. The van der Waals surface area contributed by atoms with E-state index in [1.807, 2.05) is 13.1 Å². The molecule has 1 N–H and O–H groups in total.